The Hall–Kier alpha value is -1.96. The van der Waals surface area contributed by atoms with E-state index in [2.05, 4.69) is 51.4 Å². The van der Waals surface area contributed by atoms with Crippen LogP contribution in [0.4, 0.5) is 0 Å². The number of benzene rings is 1. The predicted octanol–water partition coefficient (Wildman–Crippen LogP) is 5.37. The highest BCUT2D eigenvalue weighted by Gasteiger charge is 2.06. The summed E-state index contributed by atoms with van der Waals surface area (Å²) in [5.41, 5.74) is 4.16. The van der Waals surface area contributed by atoms with Gasteiger partial charge in [0, 0.05) is 23.4 Å². The van der Waals surface area contributed by atoms with Crippen molar-refractivity contribution in [2.24, 2.45) is 0 Å². The van der Waals surface area contributed by atoms with Gasteiger partial charge in [-0.05, 0) is 37.3 Å². The molecule has 0 unspecified atom stereocenters. The number of aryl methyl sites for hydroxylation is 1. The minimum Gasteiger partial charge on any atom is -0.256 e. The van der Waals surface area contributed by atoms with Crippen LogP contribution < -0.4 is 0 Å². The number of para-hydroxylation sites is 1. The van der Waals surface area contributed by atoms with Crippen molar-refractivity contribution in [2.45, 2.75) is 27.9 Å². The molecule has 0 saturated carbocycles. The Morgan fingerprint density at radius 3 is 2.46 bits per heavy atom. The molecule has 4 aromatic rings. The molecule has 0 saturated heterocycles. The number of rotatable bonds is 6. The molecule has 0 aliphatic carbocycles. The molecular formula is C19H16N4S3. The molecule has 0 aliphatic heterocycles. The maximum atomic E-state index is 4.76. The van der Waals surface area contributed by atoms with Crippen molar-refractivity contribution in [3.05, 3.63) is 71.8 Å². The van der Waals surface area contributed by atoms with Gasteiger partial charge in [0.15, 0.2) is 9.50 Å². The van der Waals surface area contributed by atoms with Crippen molar-refractivity contribution in [1.29, 1.82) is 0 Å². The Kier molecular flexibility index (Phi) is 5.48. The number of aromatic nitrogens is 4. The molecule has 0 aliphatic rings. The number of pyridine rings is 1. The predicted molar refractivity (Wildman–Crippen MR) is 110 cm³/mol. The number of nitrogens with zero attached hydrogens (tertiary/aromatic N) is 4. The zero-order valence-corrected chi connectivity index (χ0v) is 16.6. The molecule has 3 aromatic heterocycles. The Balaban J connectivity index is 1.39. The van der Waals surface area contributed by atoms with E-state index < -0.39 is 0 Å². The molecule has 0 fully saturated rings. The normalized spacial score (nSPS) is 11.1. The van der Waals surface area contributed by atoms with Gasteiger partial charge in [0.25, 0.3) is 0 Å². The minimum atomic E-state index is 0.767. The Labute approximate surface area is 164 Å². The molecule has 3 heterocycles. The monoisotopic (exact) mass is 396 g/mol. The standard InChI is InChI=1S/C19H16N4S3/c1-13-9-10-20-18(21-13)24-11-14-5-4-6-15(22-14)12-25-19-23-16-7-2-3-8-17(16)26-19/h2-10H,11-12H2,1H3. The van der Waals surface area contributed by atoms with Gasteiger partial charge in [-0.1, -0.05) is 41.7 Å². The summed E-state index contributed by atoms with van der Waals surface area (Å²) >= 11 is 5.08. The maximum absolute atomic E-state index is 4.76. The lowest BCUT2D eigenvalue weighted by molar-refractivity contribution is 0.930. The fourth-order valence-corrected chi connectivity index (χ4v) is 5.13. The van der Waals surface area contributed by atoms with Crippen molar-refractivity contribution in [3.63, 3.8) is 0 Å². The highest BCUT2D eigenvalue weighted by atomic mass is 32.2. The van der Waals surface area contributed by atoms with Crippen LogP contribution in [-0.2, 0) is 11.5 Å². The second-order valence-corrected chi connectivity index (χ2v) is 8.82. The molecule has 0 atom stereocenters. The highest BCUT2D eigenvalue weighted by molar-refractivity contribution is 8.00. The second-order valence-electron chi connectivity index (χ2n) is 5.63. The fraction of sp³-hybridized carbons (Fsp3) is 0.158. The van der Waals surface area contributed by atoms with Crippen molar-refractivity contribution in [2.75, 3.05) is 0 Å². The van der Waals surface area contributed by atoms with Gasteiger partial charge in [0.2, 0.25) is 0 Å². The molecule has 0 amide bonds. The largest absolute Gasteiger partial charge is 0.256 e. The summed E-state index contributed by atoms with van der Waals surface area (Å²) in [6.45, 7) is 1.98. The van der Waals surface area contributed by atoms with Crippen LogP contribution in [-0.4, -0.2) is 19.9 Å². The zero-order valence-electron chi connectivity index (χ0n) is 14.1. The quantitative estimate of drug-likeness (QED) is 0.322. The maximum Gasteiger partial charge on any atom is 0.188 e. The smallest absolute Gasteiger partial charge is 0.188 e. The SMILES string of the molecule is Cc1ccnc(SCc2cccc(CSc3nc4ccccc4s3)n2)n1. The Bertz CT molecular complexity index is 999. The van der Waals surface area contributed by atoms with Crippen LogP contribution in [0.2, 0.25) is 0 Å². The van der Waals surface area contributed by atoms with E-state index in [1.54, 1.807) is 41.1 Å². The summed E-state index contributed by atoms with van der Waals surface area (Å²) in [5.74, 6) is 1.59. The average Bonchev–Trinajstić information content (AvgIpc) is 3.08. The van der Waals surface area contributed by atoms with Crippen LogP contribution in [0.1, 0.15) is 17.1 Å². The van der Waals surface area contributed by atoms with Crippen LogP contribution in [0, 0.1) is 6.92 Å². The third-order valence-electron chi connectivity index (χ3n) is 3.60. The lowest BCUT2D eigenvalue weighted by atomic mass is 10.3. The topological polar surface area (TPSA) is 51.6 Å². The average molecular weight is 397 g/mol. The van der Waals surface area contributed by atoms with Gasteiger partial charge < -0.3 is 0 Å². The van der Waals surface area contributed by atoms with Crippen LogP contribution in [0.25, 0.3) is 10.2 Å². The lowest BCUT2D eigenvalue weighted by Gasteiger charge is -2.04. The van der Waals surface area contributed by atoms with Gasteiger partial charge in [-0.25, -0.2) is 15.0 Å². The van der Waals surface area contributed by atoms with E-state index in [1.165, 1.54) is 4.70 Å². The van der Waals surface area contributed by atoms with Gasteiger partial charge >= 0.3 is 0 Å². The van der Waals surface area contributed by atoms with Gasteiger partial charge in [-0.2, -0.15) is 0 Å². The summed E-state index contributed by atoms with van der Waals surface area (Å²) in [6.07, 6.45) is 1.79. The summed E-state index contributed by atoms with van der Waals surface area (Å²) in [5, 5.41) is 0.793. The first-order chi connectivity index (χ1) is 12.8. The Morgan fingerprint density at radius 2 is 1.65 bits per heavy atom. The molecule has 4 nitrogen and oxygen atoms in total. The third-order valence-corrected chi connectivity index (χ3v) is 6.71. The third kappa shape index (κ3) is 4.41. The van der Waals surface area contributed by atoms with Crippen molar-refractivity contribution < 1.29 is 0 Å². The van der Waals surface area contributed by atoms with Gasteiger partial charge in [-0.3, -0.25) is 4.98 Å². The number of thiazole rings is 1. The highest BCUT2D eigenvalue weighted by Crippen LogP contribution is 2.31. The fourth-order valence-electron chi connectivity index (χ4n) is 2.37. The molecule has 7 heteroatoms. The van der Waals surface area contributed by atoms with Gasteiger partial charge in [0.1, 0.15) is 0 Å². The van der Waals surface area contributed by atoms with Crippen LogP contribution in [0.15, 0.2) is 64.2 Å². The lowest BCUT2D eigenvalue weighted by Crippen LogP contribution is -1.94. The summed E-state index contributed by atoms with van der Waals surface area (Å²) < 4.78 is 2.31. The van der Waals surface area contributed by atoms with E-state index in [-0.39, 0.29) is 0 Å². The minimum absolute atomic E-state index is 0.767. The van der Waals surface area contributed by atoms with Crippen LogP contribution in [0.5, 0.6) is 0 Å². The molecule has 4 rings (SSSR count). The van der Waals surface area contributed by atoms with Crippen LogP contribution in [0.3, 0.4) is 0 Å². The Morgan fingerprint density at radius 1 is 0.846 bits per heavy atom. The molecule has 26 heavy (non-hydrogen) atoms. The molecule has 0 bridgehead atoms. The van der Waals surface area contributed by atoms with E-state index in [1.807, 2.05) is 19.1 Å². The molecular weight excluding hydrogens is 380 g/mol. The molecule has 130 valence electrons. The van der Waals surface area contributed by atoms with Crippen molar-refractivity contribution >= 4 is 45.1 Å². The van der Waals surface area contributed by atoms with E-state index >= 15 is 0 Å². The first-order valence-electron chi connectivity index (χ1n) is 8.12. The van der Waals surface area contributed by atoms with Crippen molar-refractivity contribution in [3.8, 4) is 0 Å². The zero-order chi connectivity index (χ0) is 17.8. The number of hydrogen-bond acceptors (Lipinski definition) is 7. The number of hydrogen-bond donors (Lipinski definition) is 0. The number of thioether (sulfide) groups is 2. The first kappa shape index (κ1) is 17.5. The second kappa shape index (κ2) is 8.16. The van der Waals surface area contributed by atoms with E-state index in [0.29, 0.717) is 0 Å². The van der Waals surface area contributed by atoms with E-state index in [9.17, 15) is 0 Å². The summed E-state index contributed by atoms with van der Waals surface area (Å²) in [4.78, 5) is 18.1. The van der Waals surface area contributed by atoms with E-state index in [4.69, 9.17) is 4.98 Å². The molecule has 1 aromatic carbocycles. The van der Waals surface area contributed by atoms with Gasteiger partial charge in [-0.15, -0.1) is 11.3 Å². The van der Waals surface area contributed by atoms with Crippen molar-refractivity contribution in [1.82, 2.24) is 19.9 Å². The molecule has 0 radical (unpaired) electrons. The summed E-state index contributed by atoms with van der Waals surface area (Å²) in [7, 11) is 0. The summed E-state index contributed by atoms with van der Waals surface area (Å²) in [6, 6.07) is 16.3. The van der Waals surface area contributed by atoms with Crippen LogP contribution >= 0.6 is 34.9 Å². The first-order valence-corrected chi connectivity index (χ1v) is 10.9. The number of fused-ring (bicyclic) bond motifs is 1. The van der Waals surface area contributed by atoms with Gasteiger partial charge in [0.05, 0.1) is 21.6 Å². The van der Waals surface area contributed by atoms with E-state index in [0.717, 1.165) is 43.6 Å². The molecule has 0 N–H and O–H groups in total. The molecule has 0 spiro atoms.